The summed E-state index contributed by atoms with van der Waals surface area (Å²) in [6, 6.07) is 0. The largest absolute Gasteiger partial charge is 0.449 e. The Bertz CT molecular complexity index is 1160. The fourth-order valence-corrected chi connectivity index (χ4v) is 6.67. The highest BCUT2D eigenvalue weighted by atomic mass is 16.6. The molecule has 0 saturated heterocycles. The van der Waals surface area contributed by atoms with E-state index in [9.17, 15) is 19.2 Å². The van der Waals surface area contributed by atoms with Gasteiger partial charge in [0.2, 0.25) is 0 Å². The van der Waals surface area contributed by atoms with Crippen molar-refractivity contribution >= 4 is 24.4 Å². The van der Waals surface area contributed by atoms with E-state index in [1.165, 1.54) is 103 Å². The second-order valence-electron chi connectivity index (χ2n) is 18.4. The molecule has 0 aromatic heterocycles. The number of unbranched alkanes of at least 4 members (excludes halogenated alkanes) is 20. The zero-order valence-corrected chi connectivity index (χ0v) is 42.9. The van der Waals surface area contributed by atoms with E-state index < -0.39 is 36.1 Å². The van der Waals surface area contributed by atoms with Gasteiger partial charge in [0.1, 0.15) is 13.2 Å². The fourth-order valence-electron chi connectivity index (χ4n) is 6.67. The first-order valence-electron chi connectivity index (χ1n) is 25.8. The number of rotatable bonds is 46. The van der Waals surface area contributed by atoms with E-state index in [1.807, 2.05) is 27.7 Å². The Balaban J connectivity index is 4.36. The lowest BCUT2D eigenvalue weighted by Crippen LogP contribution is -2.38. The first-order valence-corrected chi connectivity index (χ1v) is 25.8. The monoisotopic (exact) mass is 947 g/mol. The van der Waals surface area contributed by atoms with Crippen LogP contribution in [-0.4, -0.2) is 128 Å². The molecular weight excluding hydrogens is 849 g/mol. The van der Waals surface area contributed by atoms with Crippen LogP contribution in [0.2, 0.25) is 0 Å². The molecule has 16 heteroatoms. The highest BCUT2D eigenvalue weighted by Gasteiger charge is 2.23. The number of alkyl carbamates (subject to hydrolysis) is 4. The summed E-state index contributed by atoms with van der Waals surface area (Å²) in [7, 11) is 1.68. The van der Waals surface area contributed by atoms with E-state index in [0.29, 0.717) is 32.7 Å². The van der Waals surface area contributed by atoms with Crippen molar-refractivity contribution in [2.45, 2.75) is 213 Å². The first kappa shape index (κ1) is 62.9. The predicted molar refractivity (Wildman–Crippen MR) is 261 cm³/mol. The molecule has 0 unspecified atom stereocenters. The van der Waals surface area contributed by atoms with E-state index >= 15 is 0 Å². The molecule has 0 heterocycles. The minimum absolute atomic E-state index is 0.169. The van der Waals surface area contributed by atoms with Crippen LogP contribution in [0.4, 0.5) is 19.2 Å². The molecule has 4 N–H and O–H groups in total. The van der Waals surface area contributed by atoms with Crippen molar-refractivity contribution in [2.24, 2.45) is 0 Å². The summed E-state index contributed by atoms with van der Waals surface area (Å²) in [5.74, 6) is 0. The molecule has 0 rings (SSSR count). The van der Waals surface area contributed by atoms with Crippen molar-refractivity contribution in [3.8, 4) is 0 Å². The molecule has 0 saturated carbocycles. The molecule has 0 bridgehead atoms. The summed E-state index contributed by atoms with van der Waals surface area (Å²) in [6.45, 7) is 15.1. The summed E-state index contributed by atoms with van der Waals surface area (Å²) < 4.78 is 43.7. The minimum Gasteiger partial charge on any atom is -0.449 e. The normalized spacial score (nSPS) is 12.0. The van der Waals surface area contributed by atoms with Crippen LogP contribution in [0.5, 0.6) is 0 Å². The highest BCUT2D eigenvalue weighted by molar-refractivity contribution is 5.69. The van der Waals surface area contributed by atoms with Gasteiger partial charge in [0.25, 0.3) is 0 Å². The van der Waals surface area contributed by atoms with Gasteiger partial charge in [-0.05, 0) is 47.0 Å². The number of methoxy groups -OCH3 is 1. The number of nitrogens with one attached hydrogen (secondary N) is 4. The van der Waals surface area contributed by atoms with Crippen molar-refractivity contribution in [3.05, 3.63) is 0 Å². The maximum Gasteiger partial charge on any atom is 0.407 e. The van der Waals surface area contributed by atoms with Crippen molar-refractivity contribution in [1.29, 1.82) is 0 Å². The minimum atomic E-state index is -0.998. The van der Waals surface area contributed by atoms with Gasteiger partial charge in [-0.15, -0.1) is 0 Å². The maximum absolute atomic E-state index is 12.6. The smallest absolute Gasteiger partial charge is 0.407 e. The molecule has 66 heavy (non-hydrogen) atoms. The van der Waals surface area contributed by atoms with Gasteiger partial charge in [-0.1, -0.05) is 142 Å². The van der Waals surface area contributed by atoms with Crippen LogP contribution >= 0.6 is 0 Å². The molecule has 390 valence electrons. The lowest BCUT2D eigenvalue weighted by molar-refractivity contribution is -0.0662. The van der Waals surface area contributed by atoms with Crippen molar-refractivity contribution in [3.63, 3.8) is 0 Å². The molecular formula is C50H98N4O12. The lowest BCUT2D eigenvalue weighted by atomic mass is 10.0. The van der Waals surface area contributed by atoms with Gasteiger partial charge in [0.15, 0.2) is 6.10 Å². The average Bonchev–Trinajstić information content (AvgIpc) is 3.28. The molecule has 0 fully saturated rings. The zero-order valence-electron chi connectivity index (χ0n) is 42.9. The highest BCUT2D eigenvalue weighted by Crippen LogP contribution is 2.19. The Labute approximate surface area is 400 Å². The third-order valence-electron chi connectivity index (χ3n) is 11.3. The van der Waals surface area contributed by atoms with E-state index in [-0.39, 0.29) is 58.3 Å². The Kier molecular flexibility index (Phi) is 42.4. The molecule has 0 aliphatic rings. The van der Waals surface area contributed by atoms with E-state index in [2.05, 4.69) is 35.1 Å². The molecule has 0 spiro atoms. The third kappa shape index (κ3) is 44.7. The fraction of sp³-hybridized carbons (Fsp3) is 0.920. The molecule has 0 aliphatic heterocycles. The van der Waals surface area contributed by atoms with Gasteiger partial charge in [0.05, 0.1) is 50.8 Å². The number of hydrogen-bond acceptors (Lipinski definition) is 12. The third-order valence-corrected chi connectivity index (χ3v) is 11.3. The second-order valence-corrected chi connectivity index (χ2v) is 18.4. The standard InChI is InChI=1S/C50H98N4O12/c1-8-10-12-14-16-18-20-22-24-26-28-32-51-46(56)63-42-44(66-48(58)52-33-29-27-25-23-21-19-17-15-13-11-9-2)43-64-47(57)54-35-39-61-41-40-60-38-34-53-45(55)62-36-30-50(5,6)65-37-31-49(3,4)59-7/h44H,8-43H2,1-7H3,(H,51,56)(H,52,58)(H,53,55)(H,54,57)/t44-/m1/s1. The Morgan fingerprint density at radius 2 is 0.773 bits per heavy atom. The molecule has 0 radical (unpaired) electrons. The summed E-state index contributed by atoms with van der Waals surface area (Å²) >= 11 is 0. The summed E-state index contributed by atoms with van der Waals surface area (Å²) in [5, 5.41) is 10.8. The van der Waals surface area contributed by atoms with Crippen molar-refractivity contribution < 1.29 is 57.1 Å². The van der Waals surface area contributed by atoms with E-state index in [1.54, 1.807) is 7.11 Å². The number of amides is 4. The summed E-state index contributed by atoms with van der Waals surface area (Å²) in [6.07, 6.45) is 24.4. The van der Waals surface area contributed by atoms with Crippen LogP contribution in [0.25, 0.3) is 0 Å². The predicted octanol–water partition coefficient (Wildman–Crippen LogP) is 10.9. The Hall–Kier alpha value is -3.08. The molecule has 1 atom stereocenters. The van der Waals surface area contributed by atoms with E-state index in [4.69, 9.17) is 37.9 Å². The van der Waals surface area contributed by atoms with Gasteiger partial charge in [-0.2, -0.15) is 0 Å². The SMILES string of the molecule is CCCCCCCCCCCCCNC(=O)OC[C@H](COC(=O)NCCOCCOCCNC(=O)OCCC(C)(C)OCCC(C)(C)OC)OC(=O)NCCCCCCCCCCCCC. The first-order chi connectivity index (χ1) is 31.8. The van der Waals surface area contributed by atoms with Crippen LogP contribution in [-0.2, 0) is 37.9 Å². The average molecular weight is 947 g/mol. The summed E-state index contributed by atoms with van der Waals surface area (Å²) in [5.41, 5.74) is -0.692. The quantitative estimate of drug-likeness (QED) is 0.0334. The topological polar surface area (TPSA) is 190 Å². The summed E-state index contributed by atoms with van der Waals surface area (Å²) in [4.78, 5) is 49.5. The van der Waals surface area contributed by atoms with Gasteiger partial charge < -0.3 is 59.2 Å². The number of carbonyl (C=O) groups excluding carboxylic acids is 4. The van der Waals surface area contributed by atoms with Gasteiger partial charge in [0, 0.05) is 39.7 Å². The molecule has 0 aromatic rings. The van der Waals surface area contributed by atoms with Crippen LogP contribution in [0.15, 0.2) is 0 Å². The number of carbonyl (C=O) groups is 4. The van der Waals surface area contributed by atoms with Crippen molar-refractivity contribution in [1.82, 2.24) is 21.3 Å². The van der Waals surface area contributed by atoms with Crippen LogP contribution in [0.3, 0.4) is 0 Å². The molecule has 0 aliphatic carbocycles. The van der Waals surface area contributed by atoms with Crippen molar-refractivity contribution in [2.75, 3.05) is 86.1 Å². The van der Waals surface area contributed by atoms with Crippen LogP contribution in [0.1, 0.15) is 196 Å². The van der Waals surface area contributed by atoms with Crippen LogP contribution < -0.4 is 21.3 Å². The van der Waals surface area contributed by atoms with E-state index in [0.717, 1.165) is 44.9 Å². The molecule has 16 nitrogen and oxygen atoms in total. The molecule has 4 amide bonds. The number of ether oxygens (including phenoxy) is 8. The zero-order chi connectivity index (χ0) is 48.8. The molecule has 0 aromatic carbocycles. The van der Waals surface area contributed by atoms with Gasteiger partial charge >= 0.3 is 24.4 Å². The Morgan fingerprint density at radius 1 is 0.409 bits per heavy atom. The number of hydrogen-bond donors (Lipinski definition) is 4. The second kappa shape index (κ2) is 44.4. The van der Waals surface area contributed by atoms with Gasteiger partial charge in [-0.25, -0.2) is 19.2 Å². The van der Waals surface area contributed by atoms with Gasteiger partial charge in [-0.3, -0.25) is 0 Å². The maximum atomic E-state index is 12.6. The van der Waals surface area contributed by atoms with Crippen LogP contribution in [0, 0.1) is 0 Å². The Morgan fingerprint density at radius 3 is 1.20 bits per heavy atom. The lowest BCUT2D eigenvalue weighted by Gasteiger charge is -2.28.